The number of hydrogen-bond acceptors (Lipinski definition) is 6. The number of benzene rings is 1. The zero-order valence-corrected chi connectivity index (χ0v) is 13.4. The van der Waals surface area contributed by atoms with Gasteiger partial charge in [0.15, 0.2) is 11.5 Å². The normalized spacial score (nSPS) is 11.0. The Kier molecular flexibility index (Phi) is 4.76. The molecule has 3 N–H and O–H groups in total. The van der Waals surface area contributed by atoms with Crippen molar-refractivity contribution in [3.63, 3.8) is 0 Å². The number of aromatic amines is 1. The topological polar surface area (TPSA) is 108 Å². The fourth-order valence-electron chi connectivity index (χ4n) is 2.34. The smallest absolute Gasteiger partial charge is 0.328 e. The SMILES string of the molecule is CCOCCOc1nc(N)c2[nH]c(=O)n(Cc3ccccc3)c2n1. The van der Waals surface area contributed by atoms with Crippen LogP contribution in [0.1, 0.15) is 12.5 Å². The Balaban J connectivity index is 1.92. The van der Waals surface area contributed by atoms with E-state index in [4.69, 9.17) is 15.2 Å². The van der Waals surface area contributed by atoms with Crippen molar-refractivity contribution >= 4 is 17.0 Å². The van der Waals surface area contributed by atoms with Crippen LogP contribution in [0.2, 0.25) is 0 Å². The van der Waals surface area contributed by atoms with Gasteiger partial charge in [-0.15, -0.1) is 0 Å². The highest BCUT2D eigenvalue weighted by Crippen LogP contribution is 2.18. The van der Waals surface area contributed by atoms with Crippen LogP contribution in [0.25, 0.3) is 11.2 Å². The fraction of sp³-hybridized carbons (Fsp3) is 0.312. The summed E-state index contributed by atoms with van der Waals surface area (Å²) in [6.45, 7) is 3.64. The lowest BCUT2D eigenvalue weighted by Gasteiger charge is -2.07. The van der Waals surface area contributed by atoms with E-state index in [1.54, 1.807) is 0 Å². The van der Waals surface area contributed by atoms with Crippen LogP contribution in [-0.2, 0) is 11.3 Å². The first-order chi connectivity index (χ1) is 11.7. The van der Waals surface area contributed by atoms with Crippen LogP contribution >= 0.6 is 0 Å². The van der Waals surface area contributed by atoms with Gasteiger partial charge in [-0.1, -0.05) is 30.3 Å². The van der Waals surface area contributed by atoms with E-state index in [-0.39, 0.29) is 17.5 Å². The Labute approximate surface area is 138 Å². The lowest BCUT2D eigenvalue weighted by molar-refractivity contribution is 0.106. The molecule has 3 rings (SSSR count). The van der Waals surface area contributed by atoms with E-state index in [9.17, 15) is 4.79 Å². The van der Waals surface area contributed by atoms with Gasteiger partial charge in [0.2, 0.25) is 0 Å². The average molecular weight is 329 g/mol. The first-order valence-corrected chi connectivity index (χ1v) is 7.69. The van der Waals surface area contributed by atoms with Crippen LogP contribution in [0, 0.1) is 0 Å². The molecular weight excluding hydrogens is 310 g/mol. The number of H-pyrrole nitrogens is 1. The van der Waals surface area contributed by atoms with Crippen LogP contribution in [0.3, 0.4) is 0 Å². The van der Waals surface area contributed by atoms with E-state index in [0.29, 0.717) is 37.5 Å². The minimum atomic E-state index is -0.290. The van der Waals surface area contributed by atoms with Gasteiger partial charge >= 0.3 is 11.7 Å². The number of hydrogen-bond donors (Lipinski definition) is 2. The van der Waals surface area contributed by atoms with Crippen molar-refractivity contribution in [2.24, 2.45) is 0 Å². The van der Waals surface area contributed by atoms with Gasteiger partial charge in [-0.2, -0.15) is 9.97 Å². The Bertz CT molecular complexity index is 873. The Morgan fingerprint density at radius 3 is 2.75 bits per heavy atom. The molecule has 2 heterocycles. The molecule has 126 valence electrons. The van der Waals surface area contributed by atoms with Crippen LogP contribution in [-0.4, -0.2) is 39.3 Å². The van der Waals surface area contributed by atoms with Gasteiger partial charge in [0.1, 0.15) is 12.1 Å². The summed E-state index contributed by atoms with van der Waals surface area (Å²) in [5.41, 5.74) is 7.44. The number of nitrogens with zero attached hydrogens (tertiary/aromatic N) is 3. The predicted molar refractivity (Wildman–Crippen MR) is 90.1 cm³/mol. The van der Waals surface area contributed by atoms with Crippen molar-refractivity contribution in [3.05, 3.63) is 46.4 Å². The van der Waals surface area contributed by atoms with Gasteiger partial charge in [0.25, 0.3) is 0 Å². The molecule has 0 spiro atoms. The molecule has 0 saturated carbocycles. The number of nitrogens with one attached hydrogen (secondary N) is 1. The van der Waals surface area contributed by atoms with Gasteiger partial charge < -0.3 is 20.2 Å². The lowest BCUT2D eigenvalue weighted by Crippen LogP contribution is -2.17. The van der Waals surface area contributed by atoms with Crippen molar-refractivity contribution in [2.75, 3.05) is 25.6 Å². The molecule has 0 aliphatic rings. The van der Waals surface area contributed by atoms with Crippen LogP contribution in [0.5, 0.6) is 6.01 Å². The molecule has 2 aromatic heterocycles. The molecule has 8 heteroatoms. The molecule has 0 bridgehead atoms. The quantitative estimate of drug-likeness (QED) is 0.630. The van der Waals surface area contributed by atoms with Gasteiger partial charge in [0, 0.05) is 6.61 Å². The van der Waals surface area contributed by atoms with E-state index in [1.807, 2.05) is 37.3 Å². The molecule has 0 amide bonds. The third-order valence-corrected chi connectivity index (χ3v) is 3.48. The van der Waals surface area contributed by atoms with Crippen LogP contribution in [0.15, 0.2) is 35.1 Å². The van der Waals surface area contributed by atoms with E-state index in [0.717, 1.165) is 5.56 Å². The van der Waals surface area contributed by atoms with Crippen molar-refractivity contribution in [3.8, 4) is 6.01 Å². The molecule has 0 saturated heterocycles. The van der Waals surface area contributed by atoms with E-state index < -0.39 is 0 Å². The highest BCUT2D eigenvalue weighted by atomic mass is 16.5. The largest absolute Gasteiger partial charge is 0.461 e. The number of aromatic nitrogens is 4. The Morgan fingerprint density at radius 2 is 2.00 bits per heavy atom. The monoisotopic (exact) mass is 329 g/mol. The lowest BCUT2D eigenvalue weighted by atomic mass is 10.2. The number of imidazole rings is 1. The highest BCUT2D eigenvalue weighted by molar-refractivity contribution is 5.81. The first-order valence-electron chi connectivity index (χ1n) is 7.69. The highest BCUT2D eigenvalue weighted by Gasteiger charge is 2.14. The number of rotatable bonds is 7. The molecule has 0 aliphatic carbocycles. The second-order valence-electron chi connectivity index (χ2n) is 5.14. The zero-order valence-electron chi connectivity index (χ0n) is 13.4. The molecule has 0 atom stereocenters. The van der Waals surface area contributed by atoms with Gasteiger partial charge in [-0.25, -0.2) is 4.79 Å². The average Bonchev–Trinajstić information content (AvgIpc) is 2.90. The molecule has 0 aliphatic heterocycles. The molecule has 0 unspecified atom stereocenters. The maximum atomic E-state index is 12.2. The number of nitrogen functional groups attached to an aromatic ring is 1. The molecule has 24 heavy (non-hydrogen) atoms. The van der Waals surface area contributed by atoms with E-state index in [1.165, 1.54) is 4.57 Å². The molecule has 0 fully saturated rings. The Hall–Kier alpha value is -2.87. The summed E-state index contributed by atoms with van der Waals surface area (Å²) in [5.74, 6) is 0.176. The van der Waals surface area contributed by atoms with Crippen molar-refractivity contribution in [2.45, 2.75) is 13.5 Å². The second-order valence-corrected chi connectivity index (χ2v) is 5.14. The Morgan fingerprint density at radius 1 is 1.21 bits per heavy atom. The molecular formula is C16H19N5O3. The maximum Gasteiger partial charge on any atom is 0.328 e. The molecule has 8 nitrogen and oxygen atoms in total. The summed E-state index contributed by atoms with van der Waals surface area (Å²) >= 11 is 0. The summed E-state index contributed by atoms with van der Waals surface area (Å²) in [4.78, 5) is 23.3. The summed E-state index contributed by atoms with van der Waals surface area (Å²) in [6, 6.07) is 9.76. The third-order valence-electron chi connectivity index (χ3n) is 3.48. The van der Waals surface area contributed by atoms with Crippen molar-refractivity contribution in [1.82, 2.24) is 19.5 Å². The molecule has 1 aromatic carbocycles. The van der Waals surface area contributed by atoms with E-state index in [2.05, 4.69) is 15.0 Å². The number of anilines is 1. The first kappa shape index (κ1) is 16.0. The number of fused-ring (bicyclic) bond motifs is 1. The summed E-state index contributed by atoms with van der Waals surface area (Å²) < 4.78 is 12.2. The van der Waals surface area contributed by atoms with Gasteiger partial charge in [-0.3, -0.25) is 4.57 Å². The summed E-state index contributed by atoms with van der Waals surface area (Å²) in [6.07, 6.45) is 0. The second kappa shape index (κ2) is 7.14. The van der Waals surface area contributed by atoms with Gasteiger partial charge in [-0.05, 0) is 12.5 Å². The standard InChI is InChI=1S/C16H19N5O3/c1-2-23-8-9-24-15-19-13(17)12-14(20-15)21(16(22)18-12)10-11-6-4-3-5-7-11/h3-7H,2,8-10H2,1H3,(H,18,22)(H2,17,19,20). The third kappa shape index (κ3) is 3.38. The van der Waals surface area contributed by atoms with Crippen molar-refractivity contribution in [1.29, 1.82) is 0 Å². The zero-order chi connectivity index (χ0) is 16.9. The summed E-state index contributed by atoms with van der Waals surface area (Å²) in [5, 5.41) is 0. The van der Waals surface area contributed by atoms with E-state index >= 15 is 0 Å². The van der Waals surface area contributed by atoms with Crippen LogP contribution in [0.4, 0.5) is 5.82 Å². The molecule has 0 radical (unpaired) electrons. The predicted octanol–water partition coefficient (Wildman–Crippen LogP) is 1.17. The minimum absolute atomic E-state index is 0.125. The van der Waals surface area contributed by atoms with Gasteiger partial charge in [0.05, 0.1) is 13.2 Å². The minimum Gasteiger partial charge on any atom is -0.461 e. The number of ether oxygens (including phenoxy) is 2. The fourth-order valence-corrected chi connectivity index (χ4v) is 2.34. The number of nitrogens with two attached hydrogens (primary N) is 1. The van der Waals surface area contributed by atoms with Crippen LogP contribution < -0.4 is 16.2 Å². The molecule has 3 aromatic rings. The summed E-state index contributed by atoms with van der Waals surface area (Å²) in [7, 11) is 0. The maximum absolute atomic E-state index is 12.2. The van der Waals surface area contributed by atoms with Crippen molar-refractivity contribution < 1.29 is 9.47 Å².